The second-order valence-electron chi connectivity index (χ2n) is 3.74. The van der Waals surface area contributed by atoms with E-state index in [9.17, 15) is 0 Å². The highest BCUT2D eigenvalue weighted by molar-refractivity contribution is 7.98. The van der Waals surface area contributed by atoms with Gasteiger partial charge in [0.2, 0.25) is 0 Å². The first-order valence-corrected chi connectivity index (χ1v) is 7.67. The fraction of sp³-hybridized carbons (Fsp3) is 0.417. The molecule has 1 heterocycles. The van der Waals surface area contributed by atoms with Crippen molar-refractivity contribution >= 4 is 38.4 Å². The number of aryl methyl sites for hydroxylation is 2. The molecule has 0 unspecified atom stereocenters. The molecule has 0 aliphatic heterocycles. The standard InChI is InChI=1S/C12H16N2S2.ClH/c1-3-9-4-5-10-11(8-9)16-12(13)14(10)6-7-15-2;/h4-5,8,13H,3,6-7H2,1-2H3;1H. The van der Waals surface area contributed by atoms with Gasteiger partial charge in [0.1, 0.15) is 12.1 Å². The molecule has 1 aromatic carbocycles. The zero-order valence-electron chi connectivity index (χ0n) is 10.1. The molecule has 17 heavy (non-hydrogen) atoms. The summed E-state index contributed by atoms with van der Waals surface area (Å²) in [6.45, 7) is 3.18. The lowest BCUT2D eigenvalue weighted by atomic mass is 10.2. The minimum absolute atomic E-state index is 0. The summed E-state index contributed by atoms with van der Waals surface area (Å²) < 4.78 is 3.52. The van der Waals surface area contributed by atoms with Gasteiger partial charge in [0.25, 0.3) is 0 Å². The Morgan fingerprint density at radius 3 is 2.82 bits per heavy atom. The lowest BCUT2D eigenvalue weighted by Gasteiger charge is -1.99. The van der Waals surface area contributed by atoms with Crippen LogP contribution in [0.15, 0.2) is 18.2 Å². The molecule has 0 atom stereocenters. The number of nitrogen functional groups attached to an aromatic ring is 1. The molecular weight excluding hydrogens is 272 g/mol. The Morgan fingerprint density at radius 2 is 2.18 bits per heavy atom. The zero-order chi connectivity index (χ0) is 11.5. The van der Waals surface area contributed by atoms with Gasteiger partial charge in [-0.05, 0) is 41.7 Å². The molecule has 2 nitrogen and oxygen atoms in total. The number of thioether (sulfide) groups is 1. The molecule has 0 aliphatic rings. The van der Waals surface area contributed by atoms with Crippen molar-refractivity contribution in [1.29, 1.82) is 0 Å². The summed E-state index contributed by atoms with van der Waals surface area (Å²) in [6.07, 6.45) is 3.21. The Kier molecular flexibility index (Phi) is 5.56. The van der Waals surface area contributed by atoms with Crippen molar-refractivity contribution in [1.82, 2.24) is 0 Å². The Morgan fingerprint density at radius 1 is 1.41 bits per heavy atom. The predicted molar refractivity (Wildman–Crippen MR) is 74.2 cm³/mol. The second kappa shape index (κ2) is 6.47. The first-order valence-electron chi connectivity index (χ1n) is 5.46. The van der Waals surface area contributed by atoms with Crippen LogP contribution in [0, 0.1) is 0 Å². The third-order valence-corrected chi connectivity index (χ3v) is 4.29. The summed E-state index contributed by atoms with van der Waals surface area (Å²) >= 11 is 3.54. The van der Waals surface area contributed by atoms with Crippen LogP contribution in [0.1, 0.15) is 12.5 Å². The SMILES string of the molecule is CCc1ccc2c(c1)sc(N)[n+]2CCSC.[Cl-]. The molecule has 0 amide bonds. The maximum Gasteiger partial charge on any atom is 0.332 e. The van der Waals surface area contributed by atoms with Crippen LogP contribution in [0.2, 0.25) is 0 Å². The fourth-order valence-electron chi connectivity index (χ4n) is 1.78. The maximum atomic E-state index is 6.06. The highest BCUT2D eigenvalue weighted by atomic mass is 35.5. The number of aromatic nitrogens is 1. The molecule has 0 saturated carbocycles. The molecule has 2 rings (SSSR count). The van der Waals surface area contributed by atoms with E-state index >= 15 is 0 Å². The smallest absolute Gasteiger partial charge is 0.332 e. The van der Waals surface area contributed by atoms with Crippen molar-refractivity contribution in [2.75, 3.05) is 17.7 Å². The lowest BCUT2D eigenvalue weighted by molar-refractivity contribution is -0.648. The van der Waals surface area contributed by atoms with Crippen LogP contribution in [0.4, 0.5) is 5.13 Å². The first kappa shape index (κ1) is 14.6. The van der Waals surface area contributed by atoms with Crippen LogP contribution in [-0.4, -0.2) is 12.0 Å². The molecule has 0 fully saturated rings. The molecule has 5 heteroatoms. The van der Waals surface area contributed by atoms with Gasteiger partial charge in [-0.3, -0.25) is 5.73 Å². The van der Waals surface area contributed by atoms with Gasteiger partial charge in [-0.1, -0.05) is 13.0 Å². The quantitative estimate of drug-likeness (QED) is 0.783. The molecular formula is C12H17ClN2S2. The number of nitrogens with two attached hydrogens (primary N) is 1. The van der Waals surface area contributed by atoms with E-state index in [4.69, 9.17) is 5.73 Å². The first-order chi connectivity index (χ1) is 7.76. The van der Waals surface area contributed by atoms with Gasteiger partial charge < -0.3 is 12.4 Å². The summed E-state index contributed by atoms with van der Waals surface area (Å²) in [4.78, 5) is 0. The van der Waals surface area contributed by atoms with E-state index in [1.54, 1.807) is 11.3 Å². The van der Waals surface area contributed by atoms with E-state index in [0.717, 1.165) is 23.8 Å². The number of halogens is 1. The Balaban J connectivity index is 0.00000144. The molecule has 0 aliphatic carbocycles. The molecule has 0 bridgehead atoms. The van der Waals surface area contributed by atoms with Gasteiger partial charge >= 0.3 is 5.13 Å². The number of nitrogens with zero attached hydrogens (tertiary/aromatic N) is 1. The van der Waals surface area contributed by atoms with Crippen molar-refractivity contribution in [3.63, 3.8) is 0 Å². The Bertz CT molecular complexity index is 496. The van der Waals surface area contributed by atoms with Crippen LogP contribution in [-0.2, 0) is 13.0 Å². The number of benzene rings is 1. The summed E-state index contributed by atoms with van der Waals surface area (Å²) in [5.74, 6) is 1.11. The predicted octanol–water partition coefficient (Wildman–Crippen LogP) is -0.300. The van der Waals surface area contributed by atoms with Gasteiger partial charge in [-0.15, -0.1) is 0 Å². The van der Waals surface area contributed by atoms with Crippen molar-refractivity contribution in [3.05, 3.63) is 23.8 Å². The molecule has 2 aromatic rings. The van der Waals surface area contributed by atoms with Crippen molar-refractivity contribution < 1.29 is 17.0 Å². The van der Waals surface area contributed by atoms with E-state index in [2.05, 4.69) is 35.9 Å². The normalized spacial score (nSPS) is 10.5. The summed E-state index contributed by atoms with van der Waals surface area (Å²) in [6, 6.07) is 6.65. The van der Waals surface area contributed by atoms with E-state index < -0.39 is 0 Å². The van der Waals surface area contributed by atoms with Crippen LogP contribution in [0.3, 0.4) is 0 Å². The molecule has 94 valence electrons. The number of hydrogen-bond acceptors (Lipinski definition) is 3. The molecule has 2 N–H and O–H groups in total. The molecule has 0 spiro atoms. The third-order valence-electron chi connectivity index (χ3n) is 2.72. The maximum absolute atomic E-state index is 6.06. The van der Waals surface area contributed by atoms with Crippen LogP contribution >= 0.6 is 23.1 Å². The number of fused-ring (bicyclic) bond motifs is 1. The van der Waals surface area contributed by atoms with Gasteiger partial charge in [-0.2, -0.15) is 11.8 Å². The Hall–Kier alpha value is -0.450. The van der Waals surface area contributed by atoms with Crippen LogP contribution < -0.4 is 22.7 Å². The van der Waals surface area contributed by atoms with Crippen molar-refractivity contribution in [2.45, 2.75) is 19.9 Å². The number of hydrogen-bond donors (Lipinski definition) is 1. The topological polar surface area (TPSA) is 29.9 Å². The van der Waals surface area contributed by atoms with Crippen molar-refractivity contribution in [2.24, 2.45) is 0 Å². The molecule has 0 radical (unpaired) electrons. The average Bonchev–Trinajstić information content (AvgIpc) is 2.61. The summed E-state index contributed by atoms with van der Waals surface area (Å²) in [5, 5.41) is 0.914. The number of rotatable bonds is 4. The minimum atomic E-state index is 0. The lowest BCUT2D eigenvalue weighted by Crippen LogP contribution is -3.00. The second-order valence-corrected chi connectivity index (χ2v) is 5.79. The summed E-state index contributed by atoms with van der Waals surface area (Å²) in [5.41, 5.74) is 8.71. The largest absolute Gasteiger partial charge is 1.00 e. The van der Waals surface area contributed by atoms with Gasteiger partial charge in [0, 0.05) is 5.75 Å². The van der Waals surface area contributed by atoms with Gasteiger partial charge in [0.15, 0.2) is 0 Å². The van der Waals surface area contributed by atoms with Crippen LogP contribution in [0.25, 0.3) is 10.2 Å². The molecule has 1 aromatic heterocycles. The Labute approximate surface area is 117 Å². The van der Waals surface area contributed by atoms with Crippen molar-refractivity contribution in [3.8, 4) is 0 Å². The average molecular weight is 289 g/mol. The number of thiazole rings is 1. The highest BCUT2D eigenvalue weighted by Gasteiger charge is 2.14. The van der Waals surface area contributed by atoms with Gasteiger partial charge in [-0.25, -0.2) is 4.57 Å². The van der Waals surface area contributed by atoms with Gasteiger partial charge in [0.05, 0.1) is 4.70 Å². The molecule has 0 saturated heterocycles. The van der Waals surface area contributed by atoms with E-state index in [0.29, 0.717) is 0 Å². The van der Waals surface area contributed by atoms with E-state index in [1.807, 2.05) is 11.8 Å². The monoisotopic (exact) mass is 288 g/mol. The fourth-order valence-corrected chi connectivity index (χ4v) is 3.17. The summed E-state index contributed by atoms with van der Waals surface area (Å²) in [7, 11) is 0. The number of anilines is 1. The highest BCUT2D eigenvalue weighted by Crippen LogP contribution is 2.23. The van der Waals surface area contributed by atoms with E-state index in [1.165, 1.54) is 15.8 Å². The zero-order valence-corrected chi connectivity index (χ0v) is 12.5. The third kappa shape index (κ3) is 3.06. The van der Waals surface area contributed by atoms with Crippen LogP contribution in [0.5, 0.6) is 0 Å². The minimum Gasteiger partial charge on any atom is -1.00 e. The van der Waals surface area contributed by atoms with E-state index in [-0.39, 0.29) is 12.4 Å².